The molecule has 6 nitrogen and oxygen atoms in total. The average Bonchev–Trinajstić information content (AvgIpc) is 2.97. The molecule has 0 spiro atoms. The van der Waals surface area contributed by atoms with E-state index in [-0.39, 0.29) is 12.4 Å². The molecule has 0 unspecified atom stereocenters. The van der Waals surface area contributed by atoms with Crippen LogP contribution in [-0.4, -0.2) is 22.4 Å². The number of nitrogens with zero attached hydrogens (tertiary/aromatic N) is 3. The minimum atomic E-state index is -0.594. The average molecular weight is 326 g/mol. The summed E-state index contributed by atoms with van der Waals surface area (Å²) in [4.78, 5) is 12.4. The summed E-state index contributed by atoms with van der Waals surface area (Å²) in [5.41, 5.74) is 1.99. The number of anilines is 1. The number of aromatic nitrogens is 2. The number of hydrogen-bond acceptors (Lipinski definition) is 5. The van der Waals surface area contributed by atoms with Gasteiger partial charge in [-0.1, -0.05) is 12.1 Å². The number of fused-ring (bicyclic) bond motifs is 1. The lowest BCUT2D eigenvalue weighted by Crippen LogP contribution is -2.29. The molecule has 1 aromatic carbocycles. The summed E-state index contributed by atoms with van der Waals surface area (Å²) in [5, 5.41) is 16.5. The van der Waals surface area contributed by atoms with E-state index in [1.165, 1.54) is 18.3 Å². The van der Waals surface area contributed by atoms with Gasteiger partial charge in [-0.25, -0.2) is 13.9 Å². The zero-order valence-corrected chi connectivity index (χ0v) is 13.2. The summed E-state index contributed by atoms with van der Waals surface area (Å²) >= 11 is 0. The molecule has 2 heterocycles. The topological polar surface area (TPSA) is 79.9 Å². The number of rotatable bonds is 3. The Kier molecular flexibility index (Phi) is 4.04. The molecular weight excluding hydrogens is 311 g/mol. The second-order valence-electron chi connectivity index (χ2n) is 5.30. The summed E-state index contributed by atoms with van der Waals surface area (Å²) in [7, 11) is 0. The summed E-state index contributed by atoms with van der Waals surface area (Å²) in [6.07, 6.45) is 1.43. The molecule has 1 aromatic heterocycles. The van der Waals surface area contributed by atoms with E-state index in [0.717, 1.165) is 0 Å². The van der Waals surface area contributed by atoms with Crippen molar-refractivity contribution in [2.24, 2.45) is 0 Å². The third-order valence-corrected chi connectivity index (χ3v) is 3.82. The molecule has 7 heteroatoms. The lowest BCUT2D eigenvalue weighted by Gasteiger charge is -2.29. The van der Waals surface area contributed by atoms with Gasteiger partial charge in [0.05, 0.1) is 18.4 Å². The highest BCUT2D eigenvalue weighted by Gasteiger charge is 2.34. The van der Waals surface area contributed by atoms with Gasteiger partial charge >= 0.3 is 5.97 Å². The van der Waals surface area contributed by atoms with Crippen LogP contribution in [0, 0.1) is 17.1 Å². The number of halogens is 1. The summed E-state index contributed by atoms with van der Waals surface area (Å²) in [6, 6.07) is 7.30. The van der Waals surface area contributed by atoms with Crippen LogP contribution in [0.25, 0.3) is 0 Å². The molecule has 0 amide bonds. The number of hydrogen-bond donors (Lipinski definition) is 1. The summed E-state index contributed by atoms with van der Waals surface area (Å²) in [6.45, 7) is 3.70. The smallest absolute Gasteiger partial charge is 0.338 e. The molecule has 0 saturated heterocycles. The van der Waals surface area contributed by atoms with Crippen LogP contribution in [0.2, 0.25) is 0 Å². The molecule has 3 rings (SSSR count). The summed E-state index contributed by atoms with van der Waals surface area (Å²) < 4.78 is 20.0. The van der Waals surface area contributed by atoms with Crippen LogP contribution >= 0.6 is 0 Å². The molecule has 0 radical (unpaired) electrons. The predicted molar refractivity (Wildman–Crippen MR) is 84.4 cm³/mol. The lowest BCUT2D eigenvalue weighted by atomic mass is 9.95. The Bertz CT molecular complexity index is 862. The van der Waals surface area contributed by atoms with Crippen molar-refractivity contribution in [3.63, 3.8) is 0 Å². The minimum Gasteiger partial charge on any atom is -0.463 e. The molecule has 1 N–H and O–H groups in total. The number of carbonyl (C=O) groups is 1. The maximum Gasteiger partial charge on any atom is 0.338 e. The van der Waals surface area contributed by atoms with Gasteiger partial charge in [0.1, 0.15) is 29.3 Å². The van der Waals surface area contributed by atoms with Gasteiger partial charge < -0.3 is 10.1 Å². The molecule has 122 valence electrons. The molecule has 1 atom stereocenters. The van der Waals surface area contributed by atoms with Crippen LogP contribution in [0.5, 0.6) is 0 Å². The van der Waals surface area contributed by atoms with Crippen LogP contribution in [0.15, 0.2) is 41.7 Å². The van der Waals surface area contributed by atoms with Crippen molar-refractivity contribution in [2.75, 3.05) is 11.9 Å². The Labute approximate surface area is 138 Å². The van der Waals surface area contributed by atoms with E-state index in [1.807, 2.05) is 0 Å². The Hall–Kier alpha value is -3.14. The van der Waals surface area contributed by atoms with Crippen LogP contribution in [0.1, 0.15) is 31.0 Å². The van der Waals surface area contributed by atoms with Gasteiger partial charge in [-0.15, -0.1) is 0 Å². The number of carbonyl (C=O) groups excluding carboxylic acids is 1. The molecular formula is C17H15FN4O2. The minimum absolute atomic E-state index is 0.237. The zero-order valence-electron chi connectivity index (χ0n) is 13.2. The van der Waals surface area contributed by atoms with E-state index in [4.69, 9.17) is 4.74 Å². The largest absolute Gasteiger partial charge is 0.463 e. The Morgan fingerprint density at radius 1 is 1.46 bits per heavy atom. The lowest BCUT2D eigenvalue weighted by molar-refractivity contribution is -0.139. The number of benzene rings is 1. The Balaban J connectivity index is 2.18. The van der Waals surface area contributed by atoms with Crippen LogP contribution in [0.3, 0.4) is 0 Å². The van der Waals surface area contributed by atoms with Crippen molar-refractivity contribution < 1.29 is 13.9 Å². The third kappa shape index (κ3) is 2.52. The van der Waals surface area contributed by atoms with Crippen molar-refractivity contribution in [1.29, 1.82) is 5.26 Å². The van der Waals surface area contributed by atoms with Crippen molar-refractivity contribution in [3.05, 3.63) is 58.7 Å². The van der Waals surface area contributed by atoms with Crippen molar-refractivity contribution in [1.82, 2.24) is 9.78 Å². The van der Waals surface area contributed by atoms with E-state index in [0.29, 0.717) is 28.2 Å². The highest BCUT2D eigenvalue weighted by atomic mass is 19.1. The van der Waals surface area contributed by atoms with Crippen LogP contribution in [0.4, 0.5) is 10.2 Å². The van der Waals surface area contributed by atoms with Gasteiger partial charge in [0, 0.05) is 5.70 Å². The molecule has 0 saturated carbocycles. The quantitative estimate of drug-likeness (QED) is 0.877. The molecule has 0 bridgehead atoms. The van der Waals surface area contributed by atoms with Gasteiger partial charge in [-0.05, 0) is 31.5 Å². The van der Waals surface area contributed by atoms with Crippen molar-refractivity contribution in [3.8, 4) is 6.07 Å². The highest BCUT2D eigenvalue weighted by molar-refractivity contribution is 5.92. The second kappa shape index (κ2) is 6.16. The molecule has 24 heavy (non-hydrogen) atoms. The molecule has 0 aliphatic carbocycles. The molecule has 0 fully saturated rings. The fraction of sp³-hybridized carbons (Fsp3) is 0.235. The number of esters is 1. The fourth-order valence-corrected chi connectivity index (χ4v) is 2.76. The number of nitriles is 1. The zero-order chi connectivity index (χ0) is 17.3. The van der Waals surface area contributed by atoms with Gasteiger partial charge in [-0.2, -0.15) is 10.4 Å². The third-order valence-electron chi connectivity index (χ3n) is 3.82. The van der Waals surface area contributed by atoms with E-state index in [2.05, 4.69) is 16.5 Å². The van der Waals surface area contributed by atoms with E-state index in [1.54, 1.807) is 30.7 Å². The van der Waals surface area contributed by atoms with E-state index in [9.17, 15) is 14.4 Å². The first-order valence-corrected chi connectivity index (χ1v) is 7.44. The first-order valence-electron chi connectivity index (χ1n) is 7.44. The van der Waals surface area contributed by atoms with Gasteiger partial charge in [0.25, 0.3) is 0 Å². The standard InChI is InChI=1S/C17H15FN4O2/c1-3-24-17(23)14-10(2)21-16-12(8-19)9-20-22(16)15(14)11-4-6-13(18)7-5-11/h4-7,9,15,21H,3H2,1-2H3/t15-/m0/s1. The Morgan fingerprint density at radius 3 is 2.79 bits per heavy atom. The SMILES string of the molecule is CCOC(=O)C1=C(C)Nc2c(C#N)cnn2[C@H]1c1ccc(F)cc1. The van der Waals surface area contributed by atoms with Crippen molar-refractivity contribution >= 4 is 11.8 Å². The van der Waals surface area contributed by atoms with Crippen molar-refractivity contribution in [2.45, 2.75) is 19.9 Å². The first-order chi connectivity index (χ1) is 11.6. The van der Waals surface area contributed by atoms with E-state index >= 15 is 0 Å². The normalized spacial score (nSPS) is 16.2. The fourth-order valence-electron chi connectivity index (χ4n) is 2.76. The summed E-state index contributed by atoms with van der Waals surface area (Å²) in [5.74, 6) is -0.349. The monoisotopic (exact) mass is 326 g/mol. The molecule has 1 aliphatic rings. The Morgan fingerprint density at radius 2 is 2.17 bits per heavy atom. The first kappa shape index (κ1) is 15.7. The maximum absolute atomic E-state index is 13.3. The number of ether oxygens (including phenoxy) is 1. The highest BCUT2D eigenvalue weighted by Crippen LogP contribution is 2.37. The second-order valence-corrected chi connectivity index (χ2v) is 5.30. The molecule has 2 aromatic rings. The van der Waals surface area contributed by atoms with E-state index < -0.39 is 12.0 Å². The van der Waals surface area contributed by atoms with Gasteiger partial charge in [0.2, 0.25) is 0 Å². The van der Waals surface area contributed by atoms with Gasteiger partial charge in [0.15, 0.2) is 0 Å². The predicted octanol–water partition coefficient (Wildman–Crippen LogP) is 2.75. The van der Waals surface area contributed by atoms with Crippen LogP contribution < -0.4 is 5.32 Å². The maximum atomic E-state index is 13.3. The van der Waals surface area contributed by atoms with Crippen LogP contribution in [-0.2, 0) is 9.53 Å². The van der Waals surface area contributed by atoms with Gasteiger partial charge in [-0.3, -0.25) is 0 Å². The molecule has 1 aliphatic heterocycles. The number of nitrogens with one attached hydrogen (secondary N) is 1. The number of allylic oxidation sites excluding steroid dienone is 1.